The molecule has 5 heteroatoms. The number of anilines is 1. The lowest BCUT2D eigenvalue weighted by Gasteiger charge is -2.34. The quantitative estimate of drug-likeness (QED) is 0.637. The zero-order chi connectivity index (χ0) is 22.0. The number of hydrogen-bond acceptors (Lipinski definition) is 3. The number of aliphatic hydroxyl groups is 1. The summed E-state index contributed by atoms with van der Waals surface area (Å²) in [6.07, 6.45) is 4.15. The Morgan fingerprint density at radius 1 is 1.26 bits per heavy atom. The molecule has 2 aliphatic rings. The van der Waals surface area contributed by atoms with Gasteiger partial charge in [0.15, 0.2) is 0 Å². The molecule has 0 saturated carbocycles. The highest BCUT2D eigenvalue weighted by Gasteiger charge is 2.34. The maximum absolute atomic E-state index is 12.0. The molecule has 0 aliphatic carbocycles. The highest BCUT2D eigenvalue weighted by atomic mass is 35.5. The van der Waals surface area contributed by atoms with Crippen LogP contribution in [0.15, 0.2) is 42.5 Å². The van der Waals surface area contributed by atoms with Crippen molar-refractivity contribution in [3.63, 3.8) is 0 Å². The number of likely N-dealkylation sites (tertiary alicyclic amines) is 1. The Morgan fingerprint density at radius 3 is 2.81 bits per heavy atom. The lowest BCUT2D eigenvalue weighted by atomic mass is 9.77. The maximum Gasteiger partial charge on any atom is 0.225 e. The average molecular weight is 441 g/mol. The third-order valence-corrected chi connectivity index (χ3v) is 7.08. The van der Waals surface area contributed by atoms with Gasteiger partial charge < -0.3 is 15.3 Å². The monoisotopic (exact) mass is 440 g/mol. The number of aliphatic hydroxyl groups excluding tert-OH is 1. The number of halogens is 1. The highest BCUT2D eigenvalue weighted by Crippen LogP contribution is 2.42. The lowest BCUT2D eigenvalue weighted by Crippen LogP contribution is -2.37. The summed E-state index contributed by atoms with van der Waals surface area (Å²) < 4.78 is 0. The van der Waals surface area contributed by atoms with E-state index in [9.17, 15) is 9.90 Å². The van der Waals surface area contributed by atoms with E-state index in [1.165, 1.54) is 18.4 Å². The van der Waals surface area contributed by atoms with E-state index in [1.54, 1.807) is 6.07 Å². The van der Waals surface area contributed by atoms with Crippen molar-refractivity contribution >= 4 is 23.2 Å². The van der Waals surface area contributed by atoms with Crippen LogP contribution < -0.4 is 5.32 Å². The van der Waals surface area contributed by atoms with Crippen LogP contribution in [0.1, 0.15) is 62.3 Å². The number of rotatable bonds is 6. The van der Waals surface area contributed by atoms with E-state index in [4.69, 9.17) is 11.6 Å². The van der Waals surface area contributed by atoms with Crippen molar-refractivity contribution in [2.75, 3.05) is 25.0 Å². The molecular weight excluding hydrogens is 408 g/mol. The van der Waals surface area contributed by atoms with Crippen LogP contribution in [0.25, 0.3) is 0 Å². The van der Waals surface area contributed by atoms with Crippen LogP contribution in [0.4, 0.5) is 5.69 Å². The van der Waals surface area contributed by atoms with Crippen LogP contribution in [0.5, 0.6) is 0 Å². The second-order valence-corrected chi connectivity index (χ2v) is 10.2. The van der Waals surface area contributed by atoms with Gasteiger partial charge in [-0.15, -0.1) is 0 Å². The molecule has 1 unspecified atom stereocenters. The molecule has 2 N–H and O–H groups in total. The Bertz CT molecular complexity index is 929. The minimum atomic E-state index is -0.564. The van der Waals surface area contributed by atoms with Gasteiger partial charge in [0, 0.05) is 24.9 Å². The Balaban J connectivity index is 1.38. The van der Waals surface area contributed by atoms with Crippen molar-refractivity contribution in [2.24, 2.45) is 5.92 Å². The van der Waals surface area contributed by atoms with Gasteiger partial charge in [-0.2, -0.15) is 0 Å². The second-order valence-electron chi connectivity index (χ2n) is 9.84. The van der Waals surface area contributed by atoms with E-state index in [0.717, 1.165) is 37.2 Å². The summed E-state index contributed by atoms with van der Waals surface area (Å²) in [6, 6.07) is 14.6. The molecule has 1 fully saturated rings. The first-order chi connectivity index (χ1) is 14.8. The van der Waals surface area contributed by atoms with Gasteiger partial charge in [-0.25, -0.2) is 0 Å². The molecule has 166 valence electrons. The molecule has 0 bridgehead atoms. The zero-order valence-electron chi connectivity index (χ0n) is 18.5. The maximum atomic E-state index is 12.0. The number of amides is 1. The fourth-order valence-electron chi connectivity index (χ4n) is 5.10. The van der Waals surface area contributed by atoms with Gasteiger partial charge in [0.05, 0.1) is 16.8 Å². The third kappa shape index (κ3) is 5.31. The summed E-state index contributed by atoms with van der Waals surface area (Å²) in [7, 11) is 0. The van der Waals surface area contributed by atoms with E-state index >= 15 is 0 Å². The SMILES string of the molecule is CC1(C)CC(=O)Nc2c(Cl)cc(C(O)CCN3CCC[C@@H](Cc4ccccc4)C3)cc21. The van der Waals surface area contributed by atoms with Crippen LogP contribution in [0.2, 0.25) is 5.02 Å². The summed E-state index contributed by atoms with van der Waals surface area (Å²) in [5, 5.41) is 14.3. The predicted octanol–water partition coefficient (Wildman–Crippen LogP) is 5.34. The Morgan fingerprint density at radius 2 is 2.03 bits per heavy atom. The molecule has 2 aromatic carbocycles. The number of nitrogens with one attached hydrogen (secondary N) is 1. The summed E-state index contributed by atoms with van der Waals surface area (Å²) in [5.74, 6) is 0.666. The number of fused-ring (bicyclic) bond motifs is 1. The van der Waals surface area contributed by atoms with Crippen LogP contribution >= 0.6 is 11.6 Å². The Hall–Kier alpha value is -1.88. The summed E-state index contributed by atoms with van der Waals surface area (Å²) in [5.41, 5.74) is 3.65. The van der Waals surface area contributed by atoms with Gasteiger partial charge in [-0.05, 0) is 60.9 Å². The normalized spacial score (nSPS) is 21.9. The largest absolute Gasteiger partial charge is 0.388 e. The van der Waals surface area contributed by atoms with Gasteiger partial charge in [0.1, 0.15) is 0 Å². The third-order valence-electron chi connectivity index (χ3n) is 6.78. The van der Waals surface area contributed by atoms with E-state index in [0.29, 0.717) is 29.5 Å². The molecule has 2 heterocycles. The summed E-state index contributed by atoms with van der Waals surface area (Å²) in [4.78, 5) is 14.5. The van der Waals surface area contributed by atoms with Crippen LogP contribution in [-0.4, -0.2) is 35.5 Å². The molecule has 1 saturated heterocycles. The highest BCUT2D eigenvalue weighted by molar-refractivity contribution is 6.34. The fraction of sp³-hybridized carbons (Fsp3) is 0.500. The van der Waals surface area contributed by atoms with Crippen LogP contribution in [-0.2, 0) is 16.6 Å². The van der Waals surface area contributed by atoms with Crippen LogP contribution in [0.3, 0.4) is 0 Å². The van der Waals surface area contributed by atoms with E-state index in [1.807, 2.05) is 6.07 Å². The van der Waals surface area contributed by atoms with Crippen molar-refractivity contribution in [2.45, 2.75) is 57.5 Å². The minimum absolute atomic E-state index is 0.0112. The first-order valence-corrected chi connectivity index (χ1v) is 11.8. The van der Waals surface area contributed by atoms with Crippen LogP contribution in [0, 0.1) is 5.92 Å². The van der Waals surface area contributed by atoms with E-state index in [-0.39, 0.29) is 11.3 Å². The molecule has 4 rings (SSSR count). The van der Waals surface area contributed by atoms with Crippen molar-refractivity contribution in [3.8, 4) is 0 Å². The smallest absolute Gasteiger partial charge is 0.225 e. The lowest BCUT2D eigenvalue weighted by molar-refractivity contribution is -0.117. The van der Waals surface area contributed by atoms with Gasteiger partial charge >= 0.3 is 0 Å². The summed E-state index contributed by atoms with van der Waals surface area (Å²) >= 11 is 6.49. The molecule has 2 aliphatic heterocycles. The Kier molecular flexibility index (Phi) is 6.71. The minimum Gasteiger partial charge on any atom is -0.388 e. The van der Waals surface area contributed by atoms with Gasteiger partial charge in [0.2, 0.25) is 5.91 Å². The Labute approximate surface area is 190 Å². The molecule has 1 amide bonds. The molecular formula is C26H33ClN2O2. The second kappa shape index (κ2) is 9.32. The fourth-order valence-corrected chi connectivity index (χ4v) is 5.38. The first-order valence-electron chi connectivity index (χ1n) is 11.4. The topological polar surface area (TPSA) is 52.6 Å². The summed E-state index contributed by atoms with van der Waals surface area (Å²) in [6.45, 7) is 7.17. The molecule has 0 spiro atoms. The number of nitrogens with zero attached hydrogens (tertiary/aromatic N) is 1. The molecule has 4 nitrogen and oxygen atoms in total. The zero-order valence-corrected chi connectivity index (χ0v) is 19.3. The van der Waals surface area contributed by atoms with Crippen molar-refractivity contribution in [1.82, 2.24) is 4.90 Å². The number of carbonyl (C=O) groups is 1. The van der Waals surface area contributed by atoms with Gasteiger partial charge in [0.25, 0.3) is 0 Å². The van der Waals surface area contributed by atoms with Gasteiger partial charge in [-0.1, -0.05) is 61.8 Å². The molecule has 0 radical (unpaired) electrons. The average Bonchev–Trinajstić information content (AvgIpc) is 2.73. The molecule has 0 aromatic heterocycles. The number of hydrogen-bond donors (Lipinski definition) is 2. The van der Waals surface area contributed by atoms with E-state index < -0.39 is 6.10 Å². The molecule has 31 heavy (non-hydrogen) atoms. The van der Waals surface area contributed by atoms with E-state index in [2.05, 4.69) is 54.4 Å². The number of benzene rings is 2. The van der Waals surface area contributed by atoms with Crippen molar-refractivity contribution in [1.29, 1.82) is 0 Å². The first kappa shape index (κ1) is 22.3. The number of carbonyl (C=O) groups excluding carboxylic acids is 1. The van der Waals surface area contributed by atoms with Gasteiger partial charge in [-0.3, -0.25) is 4.79 Å². The predicted molar refractivity (Wildman–Crippen MR) is 127 cm³/mol. The molecule has 2 aromatic rings. The number of piperidine rings is 1. The molecule has 2 atom stereocenters. The van der Waals surface area contributed by atoms with Crippen molar-refractivity contribution in [3.05, 3.63) is 64.2 Å². The van der Waals surface area contributed by atoms with Crippen molar-refractivity contribution < 1.29 is 9.90 Å². The standard InChI is InChI=1S/C26H33ClN2O2/c1-26(2)16-24(31)28-25-21(26)14-20(15-22(25)27)23(30)10-12-29-11-6-9-19(17-29)13-18-7-4-3-5-8-18/h3-5,7-8,14-15,19,23,30H,6,9-13,16-17H2,1-2H3,(H,28,31)/t19-,23?/m0/s1.